The number of hydrogen-bond donors (Lipinski definition) is 2. The number of aliphatic hydroxyl groups is 2. The summed E-state index contributed by atoms with van der Waals surface area (Å²) in [6.45, 7) is 11.7. The average molecular weight is 410 g/mol. The van der Waals surface area contributed by atoms with Crippen LogP contribution in [0.2, 0.25) is 0 Å². The van der Waals surface area contributed by atoms with Crippen LogP contribution in [0.5, 0.6) is 0 Å². The van der Waals surface area contributed by atoms with Gasteiger partial charge in [-0.1, -0.05) is 27.4 Å². The lowest BCUT2D eigenvalue weighted by molar-refractivity contribution is -0.277. The molecule has 8 nitrogen and oxygen atoms in total. The first-order valence-corrected chi connectivity index (χ1v) is 10.00. The summed E-state index contributed by atoms with van der Waals surface area (Å²) in [5.74, 6) is -3.72. The Morgan fingerprint density at radius 3 is 2.45 bits per heavy atom. The predicted octanol–water partition coefficient (Wildman–Crippen LogP) is 1.13. The molecule has 0 bridgehead atoms. The highest BCUT2D eigenvalue weighted by Crippen LogP contribution is 2.60. The van der Waals surface area contributed by atoms with E-state index in [2.05, 4.69) is 6.58 Å². The average Bonchev–Trinajstić information content (AvgIpc) is 2.90. The van der Waals surface area contributed by atoms with Crippen molar-refractivity contribution < 1.29 is 38.8 Å². The van der Waals surface area contributed by atoms with Gasteiger partial charge in [-0.25, -0.2) is 4.79 Å². The van der Waals surface area contributed by atoms with Crippen molar-refractivity contribution in [2.24, 2.45) is 23.2 Å². The highest BCUT2D eigenvalue weighted by Gasteiger charge is 2.71. The van der Waals surface area contributed by atoms with Crippen molar-refractivity contribution >= 4 is 17.9 Å². The lowest BCUT2D eigenvalue weighted by atomic mass is 9.49. The number of esters is 3. The fourth-order valence-electron chi connectivity index (χ4n) is 5.45. The highest BCUT2D eigenvalue weighted by molar-refractivity contribution is 5.91. The van der Waals surface area contributed by atoms with Crippen molar-refractivity contribution in [1.82, 2.24) is 0 Å². The Bertz CT molecular complexity index is 741. The summed E-state index contributed by atoms with van der Waals surface area (Å²) in [5.41, 5.74) is -2.45. The molecule has 3 rings (SSSR count). The van der Waals surface area contributed by atoms with Gasteiger partial charge in [-0.2, -0.15) is 0 Å². The van der Waals surface area contributed by atoms with Gasteiger partial charge in [0.2, 0.25) is 0 Å². The van der Waals surface area contributed by atoms with Gasteiger partial charge >= 0.3 is 17.9 Å². The number of ether oxygens (including phenoxy) is 3. The second-order valence-electron chi connectivity index (χ2n) is 9.26. The molecule has 29 heavy (non-hydrogen) atoms. The number of carbonyl (C=O) groups excluding carboxylic acids is 3. The van der Waals surface area contributed by atoms with E-state index in [9.17, 15) is 24.6 Å². The molecule has 3 aliphatic rings. The Kier molecular flexibility index (Phi) is 5.32. The zero-order chi connectivity index (χ0) is 21.9. The normalized spacial score (nSPS) is 44.0. The number of carbonyl (C=O) groups is 3. The smallest absolute Gasteiger partial charge is 0.334 e. The Hall–Kier alpha value is -1.93. The largest absolute Gasteiger partial charge is 0.462 e. The molecule has 8 atom stereocenters. The lowest BCUT2D eigenvalue weighted by Gasteiger charge is -2.61. The van der Waals surface area contributed by atoms with E-state index in [4.69, 9.17) is 14.2 Å². The molecular formula is C21H30O8. The molecule has 2 saturated carbocycles. The number of fused-ring (bicyclic) bond motifs is 2. The van der Waals surface area contributed by atoms with E-state index >= 15 is 0 Å². The number of rotatable bonds is 3. The van der Waals surface area contributed by atoms with Crippen LogP contribution in [-0.2, 0) is 28.6 Å². The van der Waals surface area contributed by atoms with E-state index in [1.54, 1.807) is 27.7 Å². The van der Waals surface area contributed by atoms with Gasteiger partial charge in [0.1, 0.15) is 24.4 Å². The SMILES string of the molecule is C=C1C(=O)O[C@H]2[C@@H]1[C@H](OC(=O)C(C)C)[C@@H]1[C@@](C)([C@@H](OC(C)=O)CC[C@]1(C)O)[C@H]2O. The first kappa shape index (κ1) is 21.8. The van der Waals surface area contributed by atoms with Crippen molar-refractivity contribution in [3.63, 3.8) is 0 Å². The van der Waals surface area contributed by atoms with E-state index in [1.165, 1.54) is 6.92 Å². The molecule has 3 fully saturated rings. The molecule has 2 N–H and O–H groups in total. The van der Waals surface area contributed by atoms with E-state index in [-0.39, 0.29) is 12.0 Å². The maximum Gasteiger partial charge on any atom is 0.334 e. The van der Waals surface area contributed by atoms with Crippen LogP contribution in [0.15, 0.2) is 12.2 Å². The Morgan fingerprint density at radius 2 is 1.90 bits per heavy atom. The molecule has 0 unspecified atom stereocenters. The molecule has 0 aromatic carbocycles. The minimum Gasteiger partial charge on any atom is -0.462 e. The first-order valence-electron chi connectivity index (χ1n) is 10.00. The summed E-state index contributed by atoms with van der Waals surface area (Å²) < 4.78 is 16.7. The van der Waals surface area contributed by atoms with E-state index in [0.717, 1.165) is 0 Å². The van der Waals surface area contributed by atoms with Crippen LogP contribution < -0.4 is 0 Å². The molecule has 0 amide bonds. The van der Waals surface area contributed by atoms with Gasteiger partial charge in [0, 0.05) is 23.8 Å². The second-order valence-corrected chi connectivity index (χ2v) is 9.26. The predicted molar refractivity (Wildman–Crippen MR) is 100 cm³/mol. The van der Waals surface area contributed by atoms with Crippen molar-refractivity contribution in [2.45, 2.75) is 77.5 Å². The van der Waals surface area contributed by atoms with Crippen molar-refractivity contribution in [1.29, 1.82) is 0 Å². The Morgan fingerprint density at radius 1 is 1.28 bits per heavy atom. The fourth-order valence-corrected chi connectivity index (χ4v) is 5.45. The summed E-state index contributed by atoms with van der Waals surface area (Å²) >= 11 is 0. The molecule has 1 saturated heterocycles. The summed E-state index contributed by atoms with van der Waals surface area (Å²) in [6, 6.07) is 0. The summed E-state index contributed by atoms with van der Waals surface area (Å²) in [5, 5.41) is 22.6. The molecule has 2 aliphatic carbocycles. The lowest BCUT2D eigenvalue weighted by Crippen LogP contribution is -2.72. The quantitative estimate of drug-likeness (QED) is 0.404. The zero-order valence-corrected chi connectivity index (χ0v) is 17.5. The maximum atomic E-state index is 12.5. The third kappa shape index (κ3) is 3.26. The molecule has 0 radical (unpaired) electrons. The van der Waals surface area contributed by atoms with Gasteiger partial charge in [-0.15, -0.1) is 0 Å². The Balaban J connectivity index is 2.15. The minimum absolute atomic E-state index is 0.100. The van der Waals surface area contributed by atoms with Gasteiger partial charge in [0.25, 0.3) is 0 Å². The standard InChI is InChI=1S/C21H30O8/c1-9(2)18(24)28-14-13-10(3)19(25)29-15(13)17(23)21(6)12(27-11(4)22)7-8-20(5,26)16(14)21/h9,12-17,23,26H,3,7-8H2,1-2,4-6H3/t12-,13-,14-,15-,16-,17-,20-,21+/m0/s1. The van der Waals surface area contributed by atoms with Crippen LogP contribution in [0.1, 0.15) is 47.5 Å². The van der Waals surface area contributed by atoms with Crippen LogP contribution >= 0.6 is 0 Å². The molecule has 0 spiro atoms. The maximum absolute atomic E-state index is 12.5. The van der Waals surface area contributed by atoms with Crippen molar-refractivity contribution in [3.05, 3.63) is 12.2 Å². The molecule has 0 aromatic heterocycles. The summed E-state index contributed by atoms with van der Waals surface area (Å²) in [6.07, 6.45) is -3.37. The minimum atomic E-state index is -1.34. The number of aliphatic hydroxyl groups excluding tert-OH is 1. The van der Waals surface area contributed by atoms with E-state index in [0.29, 0.717) is 6.42 Å². The summed E-state index contributed by atoms with van der Waals surface area (Å²) in [4.78, 5) is 36.5. The topological polar surface area (TPSA) is 119 Å². The van der Waals surface area contributed by atoms with Gasteiger partial charge in [0.15, 0.2) is 0 Å². The van der Waals surface area contributed by atoms with Crippen LogP contribution in [0, 0.1) is 23.2 Å². The highest BCUT2D eigenvalue weighted by atomic mass is 16.6. The van der Waals surface area contributed by atoms with Crippen molar-refractivity contribution in [2.75, 3.05) is 0 Å². The third-order valence-corrected chi connectivity index (χ3v) is 6.87. The van der Waals surface area contributed by atoms with Gasteiger partial charge in [-0.3, -0.25) is 9.59 Å². The van der Waals surface area contributed by atoms with Crippen LogP contribution in [0.3, 0.4) is 0 Å². The van der Waals surface area contributed by atoms with E-state index in [1.807, 2.05) is 0 Å². The third-order valence-electron chi connectivity index (χ3n) is 6.87. The fraction of sp³-hybridized carbons (Fsp3) is 0.762. The van der Waals surface area contributed by atoms with Crippen molar-refractivity contribution in [3.8, 4) is 0 Å². The van der Waals surface area contributed by atoms with Crippen LogP contribution in [0.4, 0.5) is 0 Å². The molecule has 162 valence electrons. The summed E-state index contributed by atoms with van der Waals surface area (Å²) in [7, 11) is 0. The second kappa shape index (κ2) is 7.09. The van der Waals surface area contributed by atoms with Gasteiger partial charge in [-0.05, 0) is 19.8 Å². The molecule has 0 aromatic rings. The Labute approximate surface area is 170 Å². The van der Waals surface area contributed by atoms with E-state index < -0.39 is 71.1 Å². The van der Waals surface area contributed by atoms with Crippen LogP contribution in [-0.4, -0.2) is 58.1 Å². The molecule has 8 heteroatoms. The van der Waals surface area contributed by atoms with Gasteiger partial charge < -0.3 is 24.4 Å². The zero-order valence-electron chi connectivity index (χ0n) is 17.5. The van der Waals surface area contributed by atoms with Gasteiger partial charge in [0.05, 0.1) is 17.4 Å². The monoisotopic (exact) mass is 410 g/mol. The molecular weight excluding hydrogens is 380 g/mol. The molecule has 1 aliphatic heterocycles. The molecule has 1 heterocycles. The van der Waals surface area contributed by atoms with Crippen LogP contribution in [0.25, 0.3) is 0 Å². The number of hydrogen-bond acceptors (Lipinski definition) is 8. The first-order chi connectivity index (χ1) is 13.3.